The van der Waals surface area contributed by atoms with Gasteiger partial charge in [-0.15, -0.1) is 0 Å². The van der Waals surface area contributed by atoms with Gasteiger partial charge in [-0.25, -0.2) is 0 Å². The van der Waals surface area contributed by atoms with Gasteiger partial charge < -0.3 is 19.8 Å². The van der Waals surface area contributed by atoms with Gasteiger partial charge in [0, 0.05) is 29.1 Å². The number of nitrogens with two attached hydrogens (primary N) is 1. The molecule has 0 bridgehead atoms. The van der Waals surface area contributed by atoms with Gasteiger partial charge in [0.15, 0.2) is 11.5 Å². The maximum Gasteiger partial charge on any atom is 0.161 e. The Balaban J connectivity index is 2.19. The number of rotatable bonds is 6. The molecule has 0 saturated heterocycles. The summed E-state index contributed by atoms with van der Waals surface area (Å²) in [5, 5.41) is 0.913. The van der Waals surface area contributed by atoms with Crippen LogP contribution in [-0.2, 0) is 6.54 Å². The van der Waals surface area contributed by atoms with Crippen LogP contribution in [0.3, 0.4) is 0 Å². The first-order chi connectivity index (χ1) is 13.4. The first kappa shape index (κ1) is 20.4. The van der Waals surface area contributed by atoms with Crippen LogP contribution >= 0.6 is 23.2 Å². The van der Waals surface area contributed by atoms with Gasteiger partial charge in [-0.3, -0.25) is 0 Å². The van der Waals surface area contributed by atoms with Gasteiger partial charge in [0.25, 0.3) is 0 Å². The zero-order valence-electron chi connectivity index (χ0n) is 16.5. The molecule has 0 aliphatic carbocycles. The summed E-state index contributed by atoms with van der Waals surface area (Å²) >= 11 is 12.5. The largest absolute Gasteiger partial charge is 0.493 e. The Morgan fingerprint density at radius 1 is 0.929 bits per heavy atom. The highest BCUT2D eigenvalue weighted by atomic mass is 35.5. The lowest BCUT2D eigenvalue weighted by Crippen LogP contribution is -2.02. The number of hydrogen-bond donors (Lipinski definition) is 1. The van der Waals surface area contributed by atoms with Crippen LogP contribution in [0.25, 0.3) is 22.4 Å². The predicted molar refractivity (Wildman–Crippen MR) is 118 cm³/mol. The van der Waals surface area contributed by atoms with Crippen molar-refractivity contribution < 1.29 is 9.47 Å². The van der Waals surface area contributed by atoms with Crippen LogP contribution in [0.4, 0.5) is 5.69 Å². The quantitative estimate of drug-likeness (QED) is 0.468. The second kappa shape index (κ2) is 8.38. The fourth-order valence-electron chi connectivity index (χ4n) is 3.42. The molecule has 0 unspecified atom stereocenters. The highest BCUT2D eigenvalue weighted by molar-refractivity contribution is 6.39. The monoisotopic (exact) mass is 418 g/mol. The van der Waals surface area contributed by atoms with Crippen LogP contribution in [0, 0.1) is 6.92 Å². The second-order valence-electron chi connectivity index (χ2n) is 6.60. The van der Waals surface area contributed by atoms with E-state index in [0.29, 0.717) is 27.2 Å². The molecule has 1 aromatic heterocycles. The number of hydrogen-bond acceptors (Lipinski definition) is 3. The van der Waals surface area contributed by atoms with Gasteiger partial charge >= 0.3 is 0 Å². The van der Waals surface area contributed by atoms with E-state index < -0.39 is 0 Å². The minimum absolute atomic E-state index is 0.401. The van der Waals surface area contributed by atoms with Crippen molar-refractivity contribution in [3.63, 3.8) is 0 Å². The first-order valence-corrected chi connectivity index (χ1v) is 9.84. The Labute approximate surface area is 175 Å². The molecule has 0 saturated carbocycles. The molecule has 3 rings (SSSR count). The molecule has 0 aliphatic heterocycles. The Bertz CT molecular complexity index is 989. The van der Waals surface area contributed by atoms with E-state index in [0.717, 1.165) is 41.0 Å². The molecule has 0 spiro atoms. The van der Waals surface area contributed by atoms with Crippen molar-refractivity contribution in [3.8, 4) is 33.9 Å². The number of aromatic nitrogens is 1. The van der Waals surface area contributed by atoms with E-state index in [2.05, 4.69) is 24.5 Å². The van der Waals surface area contributed by atoms with Crippen molar-refractivity contribution >= 4 is 28.9 Å². The summed E-state index contributed by atoms with van der Waals surface area (Å²) in [5.74, 6) is 1.40. The van der Waals surface area contributed by atoms with Gasteiger partial charge in [0.2, 0.25) is 0 Å². The van der Waals surface area contributed by atoms with Gasteiger partial charge in [0.1, 0.15) is 0 Å². The average Bonchev–Trinajstić information content (AvgIpc) is 3.02. The molecule has 1 heterocycles. The molecule has 6 heteroatoms. The smallest absolute Gasteiger partial charge is 0.161 e. The third kappa shape index (κ3) is 3.67. The van der Waals surface area contributed by atoms with E-state index in [1.807, 2.05) is 30.3 Å². The summed E-state index contributed by atoms with van der Waals surface area (Å²) in [7, 11) is 3.27. The van der Waals surface area contributed by atoms with E-state index in [1.165, 1.54) is 0 Å². The van der Waals surface area contributed by atoms with Crippen molar-refractivity contribution in [3.05, 3.63) is 52.1 Å². The normalized spacial score (nSPS) is 10.9. The zero-order valence-corrected chi connectivity index (χ0v) is 18.0. The van der Waals surface area contributed by atoms with Crippen LogP contribution in [0.5, 0.6) is 11.5 Å². The molecule has 28 heavy (non-hydrogen) atoms. The summed E-state index contributed by atoms with van der Waals surface area (Å²) in [6.45, 7) is 5.16. The third-order valence-electron chi connectivity index (χ3n) is 4.88. The van der Waals surface area contributed by atoms with Crippen molar-refractivity contribution in [2.45, 2.75) is 26.8 Å². The summed E-state index contributed by atoms with van der Waals surface area (Å²) in [4.78, 5) is 0. The molecular formula is C22H24Cl2N2O2. The van der Waals surface area contributed by atoms with Gasteiger partial charge in [-0.1, -0.05) is 30.1 Å². The van der Waals surface area contributed by atoms with Crippen molar-refractivity contribution in [1.29, 1.82) is 0 Å². The van der Waals surface area contributed by atoms with Crippen LogP contribution in [-0.4, -0.2) is 18.8 Å². The lowest BCUT2D eigenvalue weighted by Gasteiger charge is -2.13. The van der Waals surface area contributed by atoms with E-state index in [4.69, 9.17) is 38.4 Å². The fourth-order valence-corrected chi connectivity index (χ4v) is 3.91. The topological polar surface area (TPSA) is 49.4 Å². The van der Waals surface area contributed by atoms with Crippen LogP contribution < -0.4 is 15.2 Å². The lowest BCUT2D eigenvalue weighted by molar-refractivity contribution is 0.355. The van der Waals surface area contributed by atoms with Gasteiger partial charge in [-0.2, -0.15) is 0 Å². The Morgan fingerprint density at radius 3 is 2.14 bits per heavy atom. The Kier molecular flexibility index (Phi) is 6.11. The number of nitrogens with zero attached hydrogens (tertiary/aromatic N) is 1. The van der Waals surface area contributed by atoms with E-state index in [1.54, 1.807) is 14.2 Å². The number of benzene rings is 2. The molecule has 0 radical (unpaired) electrons. The Morgan fingerprint density at radius 2 is 1.57 bits per heavy atom. The summed E-state index contributed by atoms with van der Waals surface area (Å²) in [6.07, 6.45) is 1.01. The van der Waals surface area contributed by atoms with Crippen LogP contribution in [0.1, 0.15) is 19.0 Å². The molecule has 148 valence electrons. The maximum atomic E-state index is 6.27. The number of halogens is 2. The number of nitrogen functional groups attached to an aromatic ring is 1. The number of ether oxygens (including phenoxy) is 2. The molecule has 4 nitrogen and oxygen atoms in total. The van der Waals surface area contributed by atoms with Crippen molar-refractivity contribution in [2.75, 3.05) is 20.0 Å². The fraction of sp³-hybridized carbons (Fsp3) is 0.273. The maximum absolute atomic E-state index is 6.27. The molecule has 2 N–H and O–H groups in total. The molecule has 0 amide bonds. The molecule has 0 fully saturated rings. The highest BCUT2D eigenvalue weighted by Gasteiger charge is 2.17. The molecule has 0 atom stereocenters. The van der Waals surface area contributed by atoms with E-state index in [-0.39, 0.29) is 0 Å². The minimum Gasteiger partial charge on any atom is -0.493 e. The number of methoxy groups -OCH3 is 2. The van der Waals surface area contributed by atoms with Crippen molar-refractivity contribution in [2.24, 2.45) is 0 Å². The van der Waals surface area contributed by atoms with Gasteiger partial charge in [-0.05, 0) is 55.3 Å². The van der Waals surface area contributed by atoms with Crippen LogP contribution in [0.15, 0.2) is 36.4 Å². The second-order valence-corrected chi connectivity index (χ2v) is 7.42. The summed E-state index contributed by atoms with van der Waals surface area (Å²) < 4.78 is 13.1. The molecule has 0 aliphatic rings. The van der Waals surface area contributed by atoms with Crippen molar-refractivity contribution in [1.82, 2.24) is 4.57 Å². The standard InChI is InChI=1S/C22H24Cl2N2O2/c1-5-8-26-13(2)16(15-9-17(23)22(25)18(24)10-15)12-19(26)14-6-7-20(27-3)21(11-14)28-4/h6-7,9-12H,5,8,25H2,1-4H3. The van der Waals surface area contributed by atoms with Gasteiger partial charge in [0.05, 0.1) is 30.0 Å². The average molecular weight is 419 g/mol. The Hall–Kier alpha value is -2.30. The molecule has 3 aromatic rings. The SMILES string of the molecule is CCCn1c(-c2ccc(OC)c(OC)c2)cc(-c2cc(Cl)c(N)c(Cl)c2)c1C. The first-order valence-electron chi connectivity index (χ1n) is 9.08. The minimum atomic E-state index is 0.401. The lowest BCUT2D eigenvalue weighted by atomic mass is 10.0. The zero-order chi connectivity index (χ0) is 20.4. The van der Waals surface area contributed by atoms with E-state index in [9.17, 15) is 0 Å². The van der Waals surface area contributed by atoms with E-state index >= 15 is 0 Å². The van der Waals surface area contributed by atoms with Crippen LogP contribution in [0.2, 0.25) is 10.0 Å². The summed E-state index contributed by atoms with van der Waals surface area (Å²) in [5.41, 5.74) is 11.6. The highest BCUT2D eigenvalue weighted by Crippen LogP contribution is 2.39. The summed E-state index contributed by atoms with van der Waals surface area (Å²) in [6, 6.07) is 11.8. The molecular weight excluding hydrogens is 395 g/mol. The third-order valence-corrected chi connectivity index (χ3v) is 5.51. The predicted octanol–water partition coefficient (Wildman–Crippen LogP) is 6.45. The molecule has 2 aromatic carbocycles. The number of anilines is 1.